The van der Waals surface area contributed by atoms with Gasteiger partial charge in [-0.25, -0.2) is 0 Å². The van der Waals surface area contributed by atoms with Crippen molar-refractivity contribution in [3.05, 3.63) is 59.2 Å². The Balaban J connectivity index is 2.07. The standard InChI is InChI=1S/C18H22N2O/c1-4-15-7-5-6-8-16(15)12-19-17-9-10-18(13(2)11-17)20-14(3)21/h5-11,19H,4,12H2,1-3H3,(H,20,21). The molecule has 0 atom stereocenters. The molecule has 110 valence electrons. The van der Waals surface area contributed by atoms with E-state index in [9.17, 15) is 4.79 Å². The van der Waals surface area contributed by atoms with Gasteiger partial charge in [0, 0.05) is 24.8 Å². The van der Waals surface area contributed by atoms with Crippen LogP contribution < -0.4 is 10.6 Å². The quantitative estimate of drug-likeness (QED) is 0.865. The average molecular weight is 282 g/mol. The molecule has 0 unspecified atom stereocenters. The molecule has 0 aliphatic heterocycles. The normalized spacial score (nSPS) is 10.2. The van der Waals surface area contributed by atoms with Crippen LogP contribution in [-0.2, 0) is 17.8 Å². The lowest BCUT2D eigenvalue weighted by Gasteiger charge is -2.12. The van der Waals surface area contributed by atoms with Gasteiger partial charge in [0.05, 0.1) is 0 Å². The van der Waals surface area contributed by atoms with E-state index in [1.54, 1.807) is 0 Å². The van der Waals surface area contributed by atoms with Crippen LogP contribution in [0.15, 0.2) is 42.5 Å². The topological polar surface area (TPSA) is 41.1 Å². The Kier molecular flexibility index (Phi) is 4.99. The summed E-state index contributed by atoms with van der Waals surface area (Å²) in [6.07, 6.45) is 1.04. The summed E-state index contributed by atoms with van der Waals surface area (Å²) in [5, 5.41) is 6.27. The summed E-state index contributed by atoms with van der Waals surface area (Å²) in [4.78, 5) is 11.1. The Morgan fingerprint density at radius 3 is 2.43 bits per heavy atom. The summed E-state index contributed by atoms with van der Waals surface area (Å²) in [6.45, 7) is 6.50. The number of aryl methyl sites for hydroxylation is 2. The molecular weight excluding hydrogens is 260 g/mol. The second kappa shape index (κ2) is 6.93. The molecule has 21 heavy (non-hydrogen) atoms. The van der Waals surface area contributed by atoms with Gasteiger partial charge in [0.15, 0.2) is 0 Å². The van der Waals surface area contributed by atoms with Gasteiger partial charge in [0.1, 0.15) is 0 Å². The van der Waals surface area contributed by atoms with Crippen LogP contribution in [0, 0.1) is 6.92 Å². The van der Waals surface area contributed by atoms with E-state index in [0.29, 0.717) is 0 Å². The zero-order valence-electron chi connectivity index (χ0n) is 12.9. The molecule has 0 spiro atoms. The first kappa shape index (κ1) is 15.1. The van der Waals surface area contributed by atoms with Crippen molar-refractivity contribution < 1.29 is 4.79 Å². The van der Waals surface area contributed by atoms with Crippen molar-refractivity contribution in [2.75, 3.05) is 10.6 Å². The van der Waals surface area contributed by atoms with E-state index in [2.05, 4.69) is 47.9 Å². The van der Waals surface area contributed by atoms with E-state index in [4.69, 9.17) is 0 Å². The molecule has 0 radical (unpaired) electrons. The molecule has 3 nitrogen and oxygen atoms in total. The molecule has 2 rings (SSSR count). The molecule has 2 N–H and O–H groups in total. The number of carbonyl (C=O) groups excluding carboxylic acids is 1. The van der Waals surface area contributed by atoms with Gasteiger partial charge < -0.3 is 10.6 Å². The van der Waals surface area contributed by atoms with Gasteiger partial charge in [-0.15, -0.1) is 0 Å². The fourth-order valence-corrected chi connectivity index (χ4v) is 2.38. The van der Waals surface area contributed by atoms with Crippen molar-refractivity contribution in [2.24, 2.45) is 0 Å². The number of rotatable bonds is 5. The van der Waals surface area contributed by atoms with Crippen molar-refractivity contribution in [3.63, 3.8) is 0 Å². The molecule has 3 heteroatoms. The molecule has 1 amide bonds. The van der Waals surface area contributed by atoms with Gasteiger partial charge in [0.25, 0.3) is 0 Å². The summed E-state index contributed by atoms with van der Waals surface area (Å²) < 4.78 is 0. The maximum Gasteiger partial charge on any atom is 0.221 e. The Morgan fingerprint density at radius 1 is 1.10 bits per heavy atom. The molecule has 2 aromatic carbocycles. The Labute approximate surface area is 126 Å². The Hall–Kier alpha value is -2.29. The average Bonchev–Trinajstić information content (AvgIpc) is 2.47. The zero-order chi connectivity index (χ0) is 15.2. The van der Waals surface area contributed by atoms with E-state index < -0.39 is 0 Å². The third kappa shape index (κ3) is 4.09. The number of anilines is 2. The summed E-state index contributed by atoms with van der Waals surface area (Å²) >= 11 is 0. The highest BCUT2D eigenvalue weighted by Gasteiger charge is 2.03. The fraction of sp³-hybridized carbons (Fsp3) is 0.278. The minimum Gasteiger partial charge on any atom is -0.381 e. The first-order valence-electron chi connectivity index (χ1n) is 7.29. The van der Waals surface area contributed by atoms with Gasteiger partial charge >= 0.3 is 0 Å². The van der Waals surface area contributed by atoms with Crippen LogP contribution in [0.4, 0.5) is 11.4 Å². The highest BCUT2D eigenvalue weighted by molar-refractivity contribution is 5.89. The number of carbonyl (C=O) groups is 1. The number of nitrogens with one attached hydrogen (secondary N) is 2. The van der Waals surface area contributed by atoms with Gasteiger partial charge in [0.2, 0.25) is 5.91 Å². The van der Waals surface area contributed by atoms with Crippen molar-refractivity contribution in [3.8, 4) is 0 Å². The maximum atomic E-state index is 11.1. The van der Waals surface area contributed by atoms with E-state index in [-0.39, 0.29) is 5.91 Å². The van der Waals surface area contributed by atoms with E-state index in [0.717, 1.165) is 29.9 Å². The van der Waals surface area contributed by atoms with Gasteiger partial charge in [-0.05, 0) is 48.2 Å². The predicted octanol–water partition coefficient (Wildman–Crippen LogP) is 4.13. The van der Waals surface area contributed by atoms with Crippen LogP contribution in [0.3, 0.4) is 0 Å². The molecule has 0 bridgehead atoms. The molecule has 0 fully saturated rings. The number of benzene rings is 2. The fourth-order valence-electron chi connectivity index (χ4n) is 2.38. The van der Waals surface area contributed by atoms with Gasteiger partial charge in [-0.2, -0.15) is 0 Å². The second-order valence-corrected chi connectivity index (χ2v) is 5.19. The highest BCUT2D eigenvalue weighted by Crippen LogP contribution is 2.20. The smallest absolute Gasteiger partial charge is 0.221 e. The van der Waals surface area contributed by atoms with Crippen molar-refractivity contribution in [1.29, 1.82) is 0 Å². The lowest BCUT2D eigenvalue weighted by atomic mass is 10.1. The molecule has 0 aliphatic carbocycles. The van der Waals surface area contributed by atoms with Crippen LogP contribution in [-0.4, -0.2) is 5.91 Å². The van der Waals surface area contributed by atoms with Gasteiger partial charge in [-0.3, -0.25) is 4.79 Å². The molecule has 0 aromatic heterocycles. The molecule has 0 saturated carbocycles. The van der Waals surface area contributed by atoms with Crippen molar-refractivity contribution in [2.45, 2.75) is 33.7 Å². The van der Waals surface area contributed by atoms with E-state index >= 15 is 0 Å². The summed E-state index contributed by atoms with van der Waals surface area (Å²) in [5.74, 6) is -0.0457. The van der Waals surface area contributed by atoms with Crippen molar-refractivity contribution >= 4 is 17.3 Å². The Bertz CT molecular complexity index is 635. The largest absolute Gasteiger partial charge is 0.381 e. The third-order valence-electron chi connectivity index (χ3n) is 3.52. The lowest BCUT2D eigenvalue weighted by Crippen LogP contribution is -2.08. The molecule has 0 aliphatic rings. The monoisotopic (exact) mass is 282 g/mol. The van der Waals surface area contributed by atoms with Crippen LogP contribution in [0.1, 0.15) is 30.5 Å². The maximum absolute atomic E-state index is 11.1. The predicted molar refractivity (Wildman–Crippen MR) is 88.6 cm³/mol. The first-order valence-corrected chi connectivity index (χ1v) is 7.29. The summed E-state index contributed by atoms with van der Waals surface area (Å²) in [6, 6.07) is 14.5. The van der Waals surface area contributed by atoms with Crippen LogP contribution >= 0.6 is 0 Å². The van der Waals surface area contributed by atoms with Crippen LogP contribution in [0.5, 0.6) is 0 Å². The SMILES string of the molecule is CCc1ccccc1CNc1ccc(NC(C)=O)c(C)c1. The lowest BCUT2D eigenvalue weighted by molar-refractivity contribution is -0.114. The van der Waals surface area contributed by atoms with Gasteiger partial charge in [-0.1, -0.05) is 31.2 Å². The highest BCUT2D eigenvalue weighted by atomic mass is 16.1. The minimum absolute atomic E-state index is 0.0457. The van der Waals surface area contributed by atoms with Crippen molar-refractivity contribution in [1.82, 2.24) is 0 Å². The van der Waals surface area contributed by atoms with E-state index in [1.807, 2.05) is 19.1 Å². The Morgan fingerprint density at radius 2 is 1.81 bits per heavy atom. The third-order valence-corrected chi connectivity index (χ3v) is 3.52. The number of amides is 1. The van der Waals surface area contributed by atoms with Crippen LogP contribution in [0.2, 0.25) is 0 Å². The van der Waals surface area contributed by atoms with Crippen LogP contribution in [0.25, 0.3) is 0 Å². The molecule has 0 saturated heterocycles. The molecule has 0 heterocycles. The summed E-state index contributed by atoms with van der Waals surface area (Å²) in [5.41, 5.74) is 5.67. The first-order chi connectivity index (χ1) is 10.1. The zero-order valence-corrected chi connectivity index (χ0v) is 12.9. The molecular formula is C18H22N2O. The number of hydrogen-bond acceptors (Lipinski definition) is 2. The molecule has 2 aromatic rings. The minimum atomic E-state index is -0.0457. The summed E-state index contributed by atoms with van der Waals surface area (Å²) in [7, 11) is 0. The van der Waals surface area contributed by atoms with E-state index in [1.165, 1.54) is 18.1 Å². The second-order valence-electron chi connectivity index (χ2n) is 5.19. The number of hydrogen-bond donors (Lipinski definition) is 2.